The van der Waals surface area contributed by atoms with Crippen molar-refractivity contribution in [2.45, 2.75) is 51.2 Å². The number of likely N-dealkylation sites (N-methyl/N-ethyl adjacent to an activating group) is 1. The van der Waals surface area contributed by atoms with Crippen LogP contribution in [-0.4, -0.2) is 38.8 Å². The SMILES string of the molecule is C=C1/C=C2\[C@]3(C=C[C@H](C1)N(C)C3=O)CO[Si]2(C(C)C)C(C)C. The molecular formula is C18H27NO2Si. The third-order valence-corrected chi connectivity index (χ3v) is 11.3. The van der Waals surface area contributed by atoms with Gasteiger partial charge < -0.3 is 9.33 Å². The maximum atomic E-state index is 13.1. The van der Waals surface area contributed by atoms with Gasteiger partial charge in [-0.1, -0.05) is 58.1 Å². The first kappa shape index (κ1) is 15.8. The molecule has 1 fully saturated rings. The van der Waals surface area contributed by atoms with Crippen LogP contribution >= 0.6 is 0 Å². The molecule has 1 aliphatic carbocycles. The van der Waals surface area contributed by atoms with Gasteiger partial charge in [-0.15, -0.1) is 0 Å². The highest BCUT2D eigenvalue weighted by Crippen LogP contribution is 2.55. The van der Waals surface area contributed by atoms with Crippen LogP contribution in [0.2, 0.25) is 11.1 Å². The van der Waals surface area contributed by atoms with E-state index in [1.807, 2.05) is 11.9 Å². The molecule has 120 valence electrons. The van der Waals surface area contributed by atoms with Gasteiger partial charge in [0.1, 0.15) is 5.41 Å². The van der Waals surface area contributed by atoms with Crippen LogP contribution < -0.4 is 0 Å². The van der Waals surface area contributed by atoms with Crippen LogP contribution in [0, 0.1) is 5.41 Å². The van der Waals surface area contributed by atoms with E-state index in [1.54, 1.807) is 0 Å². The lowest BCUT2D eigenvalue weighted by atomic mass is 9.79. The molecule has 4 aliphatic rings. The fourth-order valence-electron chi connectivity index (χ4n) is 4.59. The minimum absolute atomic E-state index is 0.137. The Morgan fingerprint density at radius 3 is 2.59 bits per heavy atom. The third-order valence-electron chi connectivity index (χ3n) is 5.78. The van der Waals surface area contributed by atoms with E-state index in [1.165, 1.54) is 5.20 Å². The highest BCUT2D eigenvalue weighted by molar-refractivity contribution is 6.84. The highest BCUT2D eigenvalue weighted by atomic mass is 28.4. The zero-order valence-electron chi connectivity index (χ0n) is 14.3. The molecule has 0 aromatic rings. The molecule has 0 aromatic heterocycles. The molecule has 0 aromatic carbocycles. The van der Waals surface area contributed by atoms with Gasteiger partial charge in [0.25, 0.3) is 0 Å². The van der Waals surface area contributed by atoms with Crippen LogP contribution in [0.25, 0.3) is 0 Å². The van der Waals surface area contributed by atoms with E-state index >= 15 is 0 Å². The molecule has 3 heterocycles. The van der Waals surface area contributed by atoms with E-state index in [0.717, 1.165) is 12.0 Å². The summed E-state index contributed by atoms with van der Waals surface area (Å²) in [6.07, 6.45) is 7.37. The second kappa shape index (κ2) is 4.93. The standard InChI is InChI=1S/C18H27NO2Si/c1-12(2)22(13(3)4)16-10-14(5)9-15-7-8-18(16,11-21-22)17(20)19(15)6/h7-8,10,12-13,15H,5,9,11H2,1-4,6H3/b16-10+/t15-,18+/m1/s1. The summed E-state index contributed by atoms with van der Waals surface area (Å²) in [5, 5.41) is 1.25. The molecule has 0 radical (unpaired) electrons. The van der Waals surface area contributed by atoms with Gasteiger partial charge in [-0.05, 0) is 22.7 Å². The van der Waals surface area contributed by atoms with E-state index in [9.17, 15) is 4.79 Å². The van der Waals surface area contributed by atoms with Crippen molar-refractivity contribution < 1.29 is 9.22 Å². The van der Waals surface area contributed by atoms with Crippen LogP contribution in [0.15, 0.2) is 35.6 Å². The van der Waals surface area contributed by atoms with Crippen molar-refractivity contribution >= 4 is 14.2 Å². The van der Waals surface area contributed by atoms with Crippen molar-refractivity contribution in [3.63, 3.8) is 0 Å². The van der Waals surface area contributed by atoms with Gasteiger partial charge in [0, 0.05) is 7.05 Å². The Bertz CT molecular complexity index is 582. The maximum Gasteiger partial charge on any atom is 0.239 e. The number of hydrogen-bond acceptors (Lipinski definition) is 2. The van der Waals surface area contributed by atoms with Gasteiger partial charge in [0.2, 0.25) is 14.2 Å². The molecule has 2 bridgehead atoms. The fraction of sp³-hybridized carbons (Fsp3) is 0.611. The van der Waals surface area contributed by atoms with Crippen LogP contribution in [-0.2, 0) is 9.22 Å². The Balaban J connectivity index is 2.26. The minimum atomic E-state index is -2.18. The molecule has 0 saturated carbocycles. The molecule has 2 atom stereocenters. The van der Waals surface area contributed by atoms with Crippen molar-refractivity contribution in [1.29, 1.82) is 0 Å². The van der Waals surface area contributed by atoms with E-state index in [4.69, 9.17) is 4.43 Å². The Labute approximate surface area is 134 Å². The maximum absolute atomic E-state index is 13.1. The molecule has 3 aliphatic heterocycles. The average Bonchev–Trinajstić information content (AvgIpc) is 2.74. The fourth-order valence-corrected chi connectivity index (χ4v) is 9.85. The highest BCUT2D eigenvalue weighted by Gasteiger charge is 2.63. The molecule has 1 amide bonds. The number of rotatable bonds is 2. The second-order valence-electron chi connectivity index (χ2n) is 7.63. The van der Waals surface area contributed by atoms with Crippen LogP contribution in [0.4, 0.5) is 0 Å². The summed E-state index contributed by atoms with van der Waals surface area (Å²) >= 11 is 0. The third kappa shape index (κ3) is 1.80. The lowest BCUT2D eigenvalue weighted by Gasteiger charge is -2.43. The number of nitrogens with zero attached hydrogens (tertiary/aromatic N) is 1. The monoisotopic (exact) mass is 317 g/mol. The smallest absolute Gasteiger partial charge is 0.239 e. The number of amides is 1. The summed E-state index contributed by atoms with van der Waals surface area (Å²) in [7, 11) is -0.267. The van der Waals surface area contributed by atoms with Crippen LogP contribution in [0.5, 0.6) is 0 Å². The number of allylic oxidation sites excluding steroid dienone is 1. The summed E-state index contributed by atoms with van der Waals surface area (Å²) in [4.78, 5) is 15.0. The summed E-state index contributed by atoms with van der Waals surface area (Å²) in [5.74, 6) is 0.203. The molecule has 1 saturated heterocycles. The Hall–Kier alpha value is -1.13. The van der Waals surface area contributed by atoms with Crippen molar-refractivity contribution in [3.05, 3.63) is 35.6 Å². The summed E-state index contributed by atoms with van der Waals surface area (Å²) in [5.41, 5.74) is 1.43. The van der Waals surface area contributed by atoms with Crippen LogP contribution in [0.1, 0.15) is 34.1 Å². The Morgan fingerprint density at radius 2 is 2.00 bits per heavy atom. The van der Waals surface area contributed by atoms with Crippen molar-refractivity contribution in [1.82, 2.24) is 4.90 Å². The van der Waals surface area contributed by atoms with E-state index in [0.29, 0.717) is 17.7 Å². The van der Waals surface area contributed by atoms with Crippen LogP contribution in [0.3, 0.4) is 0 Å². The van der Waals surface area contributed by atoms with Crippen molar-refractivity contribution in [3.8, 4) is 0 Å². The van der Waals surface area contributed by atoms with Gasteiger partial charge in [0.15, 0.2) is 0 Å². The van der Waals surface area contributed by atoms with Gasteiger partial charge in [-0.2, -0.15) is 0 Å². The molecule has 0 N–H and O–H groups in total. The van der Waals surface area contributed by atoms with Crippen molar-refractivity contribution in [2.24, 2.45) is 5.41 Å². The summed E-state index contributed by atoms with van der Waals surface area (Å²) < 4.78 is 6.54. The first-order valence-corrected chi connectivity index (χ1v) is 10.3. The largest absolute Gasteiger partial charge is 0.410 e. The Kier molecular flexibility index (Phi) is 3.53. The van der Waals surface area contributed by atoms with Gasteiger partial charge >= 0.3 is 0 Å². The normalized spacial score (nSPS) is 35.7. The topological polar surface area (TPSA) is 29.5 Å². The van der Waals surface area contributed by atoms with E-state index in [-0.39, 0.29) is 11.9 Å². The molecule has 0 unspecified atom stereocenters. The van der Waals surface area contributed by atoms with Gasteiger partial charge in [-0.3, -0.25) is 4.79 Å². The zero-order chi connectivity index (χ0) is 16.3. The average molecular weight is 318 g/mol. The lowest BCUT2D eigenvalue weighted by Crippen LogP contribution is -2.53. The number of carbonyl (C=O) groups excluding carboxylic acids is 1. The van der Waals surface area contributed by atoms with Gasteiger partial charge in [-0.25, -0.2) is 0 Å². The first-order valence-electron chi connectivity index (χ1n) is 8.26. The molecular weight excluding hydrogens is 290 g/mol. The van der Waals surface area contributed by atoms with Crippen molar-refractivity contribution in [2.75, 3.05) is 13.7 Å². The minimum Gasteiger partial charge on any atom is -0.410 e. The molecule has 1 spiro atoms. The summed E-state index contributed by atoms with van der Waals surface area (Å²) in [6, 6.07) is 0.137. The molecule has 3 nitrogen and oxygen atoms in total. The quantitative estimate of drug-likeness (QED) is 0.575. The molecule has 4 heteroatoms. The number of fused-ring (bicyclic) bond motifs is 3. The van der Waals surface area contributed by atoms with Gasteiger partial charge in [0.05, 0.1) is 12.6 Å². The number of hydrogen-bond donors (Lipinski definition) is 0. The Morgan fingerprint density at radius 1 is 1.36 bits per heavy atom. The predicted molar refractivity (Wildman–Crippen MR) is 91.9 cm³/mol. The lowest BCUT2D eigenvalue weighted by molar-refractivity contribution is -0.139. The molecule has 4 rings (SSSR count). The predicted octanol–water partition coefficient (Wildman–Crippen LogP) is 3.59. The van der Waals surface area contributed by atoms with E-state index in [2.05, 4.69) is 52.5 Å². The first-order chi connectivity index (χ1) is 10.3. The zero-order valence-corrected chi connectivity index (χ0v) is 15.3. The second-order valence-corrected chi connectivity index (χ2v) is 12.3. The number of carbonyl (C=O) groups is 1. The summed E-state index contributed by atoms with van der Waals surface area (Å²) in [6.45, 7) is 13.7. The molecule has 22 heavy (non-hydrogen) atoms. The van der Waals surface area contributed by atoms with E-state index < -0.39 is 13.7 Å².